The first-order chi connectivity index (χ1) is 13.2. The summed E-state index contributed by atoms with van der Waals surface area (Å²) in [6, 6.07) is 20.5. The first kappa shape index (κ1) is 16.9. The minimum Gasteiger partial charge on any atom is -0.454 e. The summed E-state index contributed by atoms with van der Waals surface area (Å²) in [5.41, 5.74) is 9.69. The molecule has 0 fully saturated rings. The van der Waals surface area contributed by atoms with E-state index in [-0.39, 0.29) is 12.6 Å². The third-order valence-electron chi connectivity index (χ3n) is 4.45. The Hall–Kier alpha value is -3.53. The summed E-state index contributed by atoms with van der Waals surface area (Å²) in [7, 11) is 0. The summed E-state index contributed by atoms with van der Waals surface area (Å²) in [6.07, 6.45) is 4.71. The molecule has 134 valence electrons. The van der Waals surface area contributed by atoms with Gasteiger partial charge in [0, 0.05) is 16.8 Å². The highest BCUT2D eigenvalue weighted by Crippen LogP contribution is 2.32. The van der Waals surface area contributed by atoms with Gasteiger partial charge in [-0.1, -0.05) is 54.6 Å². The lowest BCUT2D eigenvalue weighted by atomic mass is 9.97. The van der Waals surface area contributed by atoms with Crippen molar-refractivity contribution in [2.45, 2.75) is 6.42 Å². The average Bonchev–Trinajstić information content (AvgIpc) is 3.17. The number of carbonyl (C=O) groups is 1. The lowest BCUT2D eigenvalue weighted by molar-refractivity contribution is 0.103. The zero-order chi connectivity index (χ0) is 18.6. The lowest BCUT2D eigenvalue weighted by Gasteiger charge is -2.07. The number of nitrogen functional groups attached to an aromatic ring is 1. The molecule has 0 saturated heterocycles. The van der Waals surface area contributed by atoms with Crippen molar-refractivity contribution in [3.8, 4) is 11.5 Å². The van der Waals surface area contributed by atoms with Crippen LogP contribution >= 0.6 is 0 Å². The summed E-state index contributed by atoms with van der Waals surface area (Å²) in [6.45, 7) is 0.269. The van der Waals surface area contributed by atoms with Gasteiger partial charge in [-0.2, -0.15) is 0 Å². The summed E-state index contributed by atoms with van der Waals surface area (Å²) >= 11 is 0. The second-order valence-corrected chi connectivity index (χ2v) is 6.34. The van der Waals surface area contributed by atoms with Crippen molar-refractivity contribution in [2.75, 3.05) is 12.5 Å². The molecule has 1 heterocycles. The van der Waals surface area contributed by atoms with Crippen molar-refractivity contribution in [1.82, 2.24) is 0 Å². The number of nitrogens with two attached hydrogens (primary N) is 1. The number of allylic oxidation sites excluding steroid dienone is 1. The number of rotatable bonds is 5. The van der Waals surface area contributed by atoms with Crippen LogP contribution in [0.4, 0.5) is 5.69 Å². The molecule has 0 amide bonds. The molecule has 0 unspecified atom stereocenters. The van der Waals surface area contributed by atoms with Gasteiger partial charge < -0.3 is 15.2 Å². The van der Waals surface area contributed by atoms with Crippen LogP contribution in [0.1, 0.15) is 27.0 Å². The van der Waals surface area contributed by atoms with Crippen LogP contribution in [0.3, 0.4) is 0 Å². The topological polar surface area (TPSA) is 61.6 Å². The van der Waals surface area contributed by atoms with Crippen molar-refractivity contribution >= 4 is 17.5 Å². The third kappa shape index (κ3) is 3.70. The molecule has 1 aliphatic rings. The number of carbonyl (C=O) groups excluding carboxylic acids is 1. The first-order valence-corrected chi connectivity index (χ1v) is 8.75. The Labute approximate surface area is 157 Å². The molecule has 3 aromatic carbocycles. The van der Waals surface area contributed by atoms with Crippen LogP contribution in [0, 0.1) is 0 Å². The van der Waals surface area contributed by atoms with Crippen LogP contribution in [-0.4, -0.2) is 12.6 Å². The molecule has 4 nitrogen and oxygen atoms in total. The van der Waals surface area contributed by atoms with E-state index in [0.29, 0.717) is 16.8 Å². The van der Waals surface area contributed by atoms with E-state index >= 15 is 0 Å². The second-order valence-electron chi connectivity index (χ2n) is 6.34. The van der Waals surface area contributed by atoms with E-state index in [1.54, 1.807) is 6.07 Å². The molecule has 0 aliphatic carbocycles. The smallest absolute Gasteiger partial charge is 0.231 e. The molecule has 4 rings (SSSR count). The maximum absolute atomic E-state index is 12.9. The number of ether oxygens (including phenoxy) is 2. The number of fused-ring (bicyclic) bond motifs is 1. The third-order valence-corrected chi connectivity index (χ3v) is 4.45. The maximum Gasteiger partial charge on any atom is 0.231 e. The average molecular weight is 357 g/mol. The van der Waals surface area contributed by atoms with Crippen LogP contribution < -0.4 is 15.2 Å². The molecule has 27 heavy (non-hydrogen) atoms. The van der Waals surface area contributed by atoms with Crippen LogP contribution in [0.15, 0.2) is 72.8 Å². The minimum absolute atomic E-state index is 0.0365. The standard InChI is InChI=1S/C23H19NO3/c24-19-11-10-17(20(14-19)23(25)18-6-2-1-3-7-18)8-4-5-16-9-12-21-22(13-16)27-15-26-21/h1-4,6-14H,5,15,24H2/b8-4+. The molecular formula is C23H19NO3. The fraction of sp³-hybridized carbons (Fsp3) is 0.0870. The van der Waals surface area contributed by atoms with E-state index in [1.807, 2.05) is 72.8 Å². The molecule has 0 spiro atoms. The predicted octanol–water partition coefficient (Wildman–Crippen LogP) is 4.48. The molecule has 0 aromatic heterocycles. The summed E-state index contributed by atoms with van der Waals surface area (Å²) in [5.74, 6) is 1.51. The number of hydrogen-bond donors (Lipinski definition) is 1. The molecule has 2 N–H and O–H groups in total. The molecule has 0 bridgehead atoms. The molecule has 0 radical (unpaired) electrons. The highest BCUT2D eigenvalue weighted by atomic mass is 16.7. The number of benzene rings is 3. The zero-order valence-corrected chi connectivity index (χ0v) is 14.7. The fourth-order valence-corrected chi connectivity index (χ4v) is 3.05. The molecule has 4 heteroatoms. The highest BCUT2D eigenvalue weighted by molar-refractivity contribution is 6.11. The number of ketones is 1. The Balaban J connectivity index is 1.57. The monoisotopic (exact) mass is 357 g/mol. The van der Waals surface area contributed by atoms with Gasteiger partial charge in [0.15, 0.2) is 17.3 Å². The molecule has 0 saturated carbocycles. The Morgan fingerprint density at radius 2 is 1.78 bits per heavy atom. The SMILES string of the molecule is Nc1ccc(/C=C/Cc2ccc3c(c2)OCO3)c(C(=O)c2ccccc2)c1. The fourth-order valence-electron chi connectivity index (χ4n) is 3.05. The maximum atomic E-state index is 12.9. The van der Waals surface area contributed by atoms with E-state index in [1.165, 1.54) is 0 Å². The molecule has 0 atom stereocenters. The van der Waals surface area contributed by atoms with Gasteiger partial charge in [-0.15, -0.1) is 0 Å². The normalized spacial score (nSPS) is 12.4. The van der Waals surface area contributed by atoms with Crippen molar-refractivity contribution in [1.29, 1.82) is 0 Å². The second kappa shape index (κ2) is 7.38. The van der Waals surface area contributed by atoms with Gasteiger partial charge in [-0.05, 0) is 41.8 Å². The number of hydrogen-bond acceptors (Lipinski definition) is 4. The number of anilines is 1. The Kier molecular flexibility index (Phi) is 4.62. The first-order valence-electron chi connectivity index (χ1n) is 8.75. The van der Waals surface area contributed by atoms with E-state index in [4.69, 9.17) is 15.2 Å². The summed E-state index contributed by atoms with van der Waals surface area (Å²) in [4.78, 5) is 12.9. The quantitative estimate of drug-likeness (QED) is 0.540. The van der Waals surface area contributed by atoms with Gasteiger partial charge in [0.25, 0.3) is 0 Å². The van der Waals surface area contributed by atoms with E-state index in [2.05, 4.69) is 0 Å². The molecule has 3 aromatic rings. The predicted molar refractivity (Wildman–Crippen MR) is 106 cm³/mol. The van der Waals surface area contributed by atoms with Gasteiger partial charge in [0.2, 0.25) is 6.79 Å². The summed E-state index contributed by atoms with van der Waals surface area (Å²) in [5, 5.41) is 0. The van der Waals surface area contributed by atoms with Crippen LogP contribution in [0.5, 0.6) is 11.5 Å². The van der Waals surface area contributed by atoms with Crippen LogP contribution in [0.2, 0.25) is 0 Å². The lowest BCUT2D eigenvalue weighted by Crippen LogP contribution is -2.04. The summed E-state index contributed by atoms with van der Waals surface area (Å²) < 4.78 is 10.7. The molecular weight excluding hydrogens is 338 g/mol. The van der Waals surface area contributed by atoms with E-state index < -0.39 is 0 Å². The van der Waals surface area contributed by atoms with Gasteiger partial charge >= 0.3 is 0 Å². The Bertz CT molecular complexity index is 1010. The minimum atomic E-state index is -0.0365. The highest BCUT2D eigenvalue weighted by Gasteiger charge is 2.14. The van der Waals surface area contributed by atoms with Crippen molar-refractivity contribution in [2.24, 2.45) is 0 Å². The van der Waals surface area contributed by atoms with Crippen LogP contribution in [-0.2, 0) is 6.42 Å². The zero-order valence-electron chi connectivity index (χ0n) is 14.7. The van der Waals surface area contributed by atoms with E-state index in [9.17, 15) is 4.79 Å². The van der Waals surface area contributed by atoms with Gasteiger partial charge in [0.05, 0.1) is 0 Å². The van der Waals surface area contributed by atoms with Crippen LogP contribution in [0.25, 0.3) is 6.08 Å². The Morgan fingerprint density at radius 3 is 2.63 bits per heavy atom. The van der Waals surface area contributed by atoms with E-state index in [0.717, 1.165) is 29.0 Å². The van der Waals surface area contributed by atoms with Gasteiger partial charge in [-0.3, -0.25) is 4.79 Å². The largest absolute Gasteiger partial charge is 0.454 e. The molecule has 1 aliphatic heterocycles. The Morgan fingerprint density at radius 1 is 0.963 bits per heavy atom. The van der Waals surface area contributed by atoms with Crippen molar-refractivity contribution in [3.05, 3.63) is 95.1 Å². The van der Waals surface area contributed by atoms with Gasteiger partial charge in [-0.25, -0.2) is 0 Å². The van der Waals surface area contributed by atoms with Gasteiger partial charge in [0.1, 0.15) is 0 Å². The van der Waals surface area contributed by atoms with Crippen molar-refractivity contribution in [3.63, 3.8) is 0 Å². The van der Waals surface area contributed by atoms with Crippen molar-refractivity contribution < 1.29 is 14.3 Å².